The van der Waals surface area contributed by atoms with Crippen LogP contribution in [-0.4, -0.2) is 16.9 Å². The first kappa shape index (κ1) is 21.8. The van der Waals surface area contributed by atoms with Gasteiger partial charge in [0.15, 0.2) is 0 Å². The largest absolute Gasteiger partial charge is 0.393 e. The lowest BCUT2D eigenvalue weighted by Gasteiger charge is -2.59. The van der Waals surface area contributed by atoms with Crippen molar-refractivity contribution in [2.75, 3.05) is 0 Å². The summed E-state index contributed by atoms with van der Waals surface area (Å²) in [5.41, 5.74) is 0.662. The number of hydrogen-bond donors (Lipinski definition) is 1. The summed E-state index contributed by atoms with van der Waals surface area (Å²) >= 11 is 0. The summed E-state index contributed by atoms with van der Waals surface area (Å²) in [6, 6.07) is 0. The molecule has 8 atom stereocenters. The van der Waals surface area contributed by atoms with E-state index in [1.807, 2.05) is 0 Å². The molecule has 166 valence electrons. The average Bonchev–Trinajstić information content (AvgIpc) is 2.94. The van der Waals surface area contributed by atoms with Crippen molar-refractivity contribution in [2.24, 2.45) is 40.4 Å². The standard InChI is InChI=1S/C27H45FO/c1-18(2)7-6-8-19(3)27(28)16-13-24-22-10-9-20-17-21(29)11-14-25(20,4)23(22)12-15-26(24,27)5/h9,18-19,21-24,29H,6-8,10-17H2,1-5H3/t19?,21-,22?,23?,24?,25?,26?,27-/m0/s1. The van der Waals surface area contributed by atoms with Crippen molar-refractivity contribution in [1.82, 2.24) is 0 Å². The molecule has 0 aromatic carbocycles. The SMILES string of the molecule is CC(C)CCCC(C)[C@@]1(F)CCC2C3CC=C4C[C@@H](O)CCC4(C)C3CCC21C. The van der Waals surface area contributed by atoms with Crippen molar-refractivity contribution in [3.8, 4) is 0 Å². The number of aliphatic hydroxyl groups is 1. The molecular formula is C27H45FO. The Balaban J connectivity index is 1.54. The zero-order valence-corrected chi connectivity index (χ0v) is 19.6. The van der Waals surface area contributed by atoms with Crippen molar-refractivity contribution >= 4 is 0 Å². The van der Waals surface area contributed by atoms with Gasteiger partial charge in [-0.15, -0.1) is 0 Å². The highest BCUT2D eigenvalue weighted by Crippen LogP contribution is 2.69. The first-order chi connectivity index (χ1) is 13.6. The highest BCUT2D eigenvalue weighted by atomic mass is 19.1. The van der Waals surface area contributed by atoms with Gasteiger partial charge in [-0.1, -0.05) is 59.1 Å². The zero-order chi connectivity index (χ0) is 21.0. The minimum Gasteiger partial charge on any atom is -0.393 e. The molecule has 3 saturated carbocycles. The molecule has 0 aromatic heterocycles. The lowest BCUT2D eigenvalue weighted by Crippen LogP contribution is -2.55. The van der Waals surface area contributed by atoms with Gasteiger partial charge in [-0.3, -0.25) is 0 Å². The normalized spacial score (nSPS) is 47.9. The minimum atomic E-state index is -0.979. The van der Waals surface area contributed by atoms with E-state index < -0.39 is 5.67 Å². The quantitative estimate of drug-likeness (QED) is 0.471. The molecule has 2 heteroatoms. The summed E-state index contributed by atoms with van der Waals surface area (Å²) in [6.45, 7) is 11.6. The molecule has 0 aliphatic heterocycles. The molecule has 4 rings (SSSR count). The fourth-order valence-corrected chi connectivity index (χ4v) is 8.53. The molecule has 3 fully saturated rings. The van der Waals surface area contributed by atoms with Crippen molar-refractivity contribution in [1.29, 1.82) is 0 Å². The first-order valence-corrected chi connectivity index (χ1v) is 12.7. The van der Waals surface area contributed by atoms with Gasteiger partial charge in [0.2, 0.25) is 0 Å². The van der Waals surface area contributed by atoms with Crippen LogP contribution in [0.3, 0.4) is 0 Å². The molecule has 4 aliphatic rings. The van der Waals surface area contributed by atoms with Crippen LogP contribution in [0.25, 0.3) is 0 Å². The monoisotopic (exact) mass is 404 g/mol. The predicted molar refractivity (Wildman–Crippen MR) is 119 cm³/mol. The topological polar surface area (TPSA) is 20.2 Å². The van der Waals surface area contributed by atoms with E-state index in [0.29, 0.717) is 17.8 Å². The third kappa shape index (κ3) is 3.35. The van der Waals surface area contributed by atoms with Gasteiger partial charge in [-0.25, -0.2) is 4.39 Å². The molecule has 29 heavy (non-hydrogen) atoms. The molecule has 1 N–H and O–H groups in total. The van der Waals surface area contributed by atoms with Crippen LogP contribution < -0.4 is 0 Å². The molecule has 0 spiro atoms. The van der Waals surface area contributed by atoms with Crippen LogP contribution in [0.1, 0.15) is 105 Å². The van der Waals surface area contributed by atoms with Gasteiger partial charge in [0.05, 0.1) is 6.10 Å². The van der Waals surface area contributed by atoms with Crippen LogP contribution in [0, 0.1) is 40.4 Å². The smallest absolute Gasteiger partial charge is 0.119 e. The number of aliphatic hydroxyl groups excluding tert-OH is 1. The van der Waals surface area contributed by atoms with Gasteiger partial charge in [0.1, 0.15) is 5.67 Å². The van der Waals surface area contributed by atoms with E-state index in [1.54, 1.807) is 0 Å². The van der Waals surface area contributed by atoms with Gasteiger partial charge in [0.25, 0.3) is 0 Å². The Morgan fingerprint density at radius 3 is 2.48 bits per heavy atom. The number of fused-ring (bicyclic) bond motifs is 5. The molecule has 0 amide bonds. The third-order valence-electron chi connectivity index (χ3n) is 10.4. The van der Waals surface area contributed by atoms with Gasteiger partial charge >= 0.3 is 0 Å². The Hall–Kier alpha value is -0.370. The highest BCUT2D eigenvalue weighted by Gasteiger charge is 2.65. The summed E-state index contributed by atoms with van der Waals surface area (Å²) in [6.07, 6.45) is 14.0. The number of allylic oxidation sites excluding steroid dienone is 1. The van der Waals surface area contributed by atoms with Gasteiger partial charge in [-0.2, -0.15) is 0 Å². The molecule has 1 nitrogen and oxygen atoms in total. The van der Waals surface area contributed by atoms with Crippen LogP contribution in [0.15, 0.2) is 11.6 Å². The second-order valence-electron chi connectivity index (χ2n) is 12.2. The number of hydrogen-bond acceptors (Lipinski definition) is 1. The van der Waals surface area contributed by atoms with Crippen LogP contribution in [0.2, 0.25) is 0 Å². The number of rotatable bonds is 5. The average molecular weight is 405 g/mol. The lowest BCUT2D eigenvalue weighted by molar-refractivity contribution is -0.109. The molecule has 0 heterocycles. The van der Waals surface area contributed by atoms with E-state index in [9.17, 15) is 5.11 Å². The van der Waals surface area contributed by atoms with Gasteiger partial charge in [0, 0.05) is 5.41 Å². The molecule has 0 saturated heterocycles. The second-order valence-corrected chi connectivity index (χ2v) is 12.2. The molecule has 0 bridgehead atoms. The Kier molecular flexibility index (Phi) is 5.76. The summed E-state index contributed by atoms with van der Waals surface area (Å²) < 4.78 is 16.7. The predicted octanol–water partition coefficient (Wildman–Crippen LogP) is 7.48. The Morgan fingerprint density at radius 1 is 1.03 bits per heavy atom. The fourth-order valence-electron chi connectivity index (χ4n) is 8.53. The maximum atomic E-state index is 16.7. The van der Waals surface area contributed by atoms with E-state index >= 15 is 4.39 Å². The van der Waals surface area contributed by atoms with Crippen LogP contribution >= 0.6 is 0 Å². The maximum absolute atomic E-state index is 16.7. The maximum Gasteiger partial charge on any atom is 0.119 e. The fraction of sp³-hybridized carbons (Fsp3) is 0.926. The Morgan fingerprint density at radius 2 is 1.76 bits per heavy atom. The van der Waals surface area contributed by atoms with Gasteiger partial charge in [-0.05, 0) is 92.8 Å². The van der Waals surface area contributed by atoms with Gasteiger partial charge < -0.3 is 5.11 Å². The van der Waals surface area contributed by atoms with Crippen molar-refractivity contribution in [3.05, 3.63) is 11.6 Å². The molecule has 0 radical (unpaired) electrons. The minimum absolute atomic E-state index is 0.138. The third-order valence-corrected chi connectivity index (χ3v) is 10.4. The zero-order valence-electron chi connectivity index (χ0n) is 19.6. The second kappa shape index (κ2) is 7.64. The number of halogens is 1. The summed E-state index contributed by atoms with van der Waals surface area (Å²) in [5, 5.41) is 10.2. The summed E-state index contributed by atoms with van der Waals surface area (Å²) in [5.74, 6) is 2.80. The van der Waals surface area contributed by atoms with Crippen molar-refractivity contribution in [3.63, 3.8) is 0 Å². The van der Waals surface area contributed by atoms with E-state index in [0.717, 1.165) is 57.3 Å². The first-order valence-electron chi connectivity index (χ1n) is 12.7. The Labute approximate surface area is 178 Å². The van der Waals surface area contributed by atoms with E-state index in [1.165, 1.54) is 24.8 Å². The molecule has 6 unspecified atom stereocenters. The molecule has 0 aromatic rings. The van der Waals surface area contributed by atoms with Crippen LogP contribution in [0.4, 0.5) is 4.39 Å². The van der Waals surface area contributed by atoms with Crippen molar-refractivity contribution in [2.45, 2.75) is 117 Å². The summed E-state index contributed by atoms with van der Waals surface area (Å²) in [4.78, 5) is 0. The van der Waals surface area contributed by atoms with Crippen molar-refractivity contribution < 1.29 is 9.50 Å². The highest BCUT2D eigenvalue weighted by molar-refractivity contribution is 5.26. The Bertz CT molecular complexity index is 640. The number of alkyl halides is 1. The lowest BCUT2D eigenvalue weighted by atomic mass is 9.46. The van der Waals surface area contributed by atoms with Crippen LogP contribution in [0.5, 0.6) is 0 Å². The molecular weight excluding hydrogens is 359 g/mol. The van der Waals surface area contributed by atoms with E-state index in [-0.39, 0.29) is 22.9 Å². The van der Waals surface area contributed by atoms with E-state index in [2.05, 4.69) is 40.7 Å². The summed E-state index contributed by atoms with van der Waals surface area (Å²) in [7, 11) is 0. The van der Waals surface area contributed by atoms with Crippen LogP contribution in [-0.2, 0) is 0 Å². The van der Waals surface area contributed by atoms with E-state index in [4.69, 9.17) is 0 Å². The molecule has 4 aliphatic carbocycles.